The fourth-order valence-electron chi connectivity index (χ4n) is 12.9. The molecule has 2 aromatic heterocycles. The minimum atomic E-state index is -1.04. The number of piperazine rings is 1. The molecule has 77 heavy (non-hydrogen) atoms. The van der Waals surface area contributed by atoms with E-state index in [1.807, 2.05) is 0 Å². The zero-order chi connectivity index (χ0) is 53.1. The van der Waals surface area contributed by atoms with Gasteiger partial charge in [0, 0.05) is 93.7 Å². The number of halogens is 2. The summed E-state index contributed by atoms with van der Waals surface area (Å²) in [5.41, 5.74) is 1.94. The van der Waals surface area contributed by atoms with E-state index in [1.165, 1.54) is 6.07 Å². The first-order chi connectivity index (χ1) is 37.4. The van der Waals surface area contributed by atoms with Crippen LogP contribution in [0.2, 0.25) is 0 Å². The molecule has 0 radical (unpaired) electrons. The molecule has 0 spiro atoms. The van der Waals surface area contributed by atoms with Crippen LogP contribution < -0.4 is 25.6 Å². The van der Waals surface area contributed by atoms with Gasteiger partial charge in [0.1, 0.15) is 42.1 Å². The molecule has 12 rings (SSSR count). The Bertz CT molecular complexity index is 3330. The molecule has 9 heterocycles. The highest BCUT2D eigenvalue weighted by Gasteiger charge is 2.52. The Morgan fingerprint density at radius 2 is 1.81 bits per heavy atom. The maximum atomic E-state index is 17.3. The normalized spacial score (nSPS) is 24.6. The summed E-state index contributed by atoms with van der Waals surface area (Å²) >= 11 is 0. The van der Waals surface area contributed by atoms with Gasteiger partial charge in [-0.2, -0.15) is 9.97 Å². The smallest absolute Gasteiger partial charge is 0.409 e. The van der Waals surface area contributed by atoms with Crippen molar-refractivity contribution in [2.45, 2.75) is 75.0 Å². The number of rotatable bonds is 13. The lowest BCUT2D eigenvalue weighted by Crippen LogP contribution is -2.54. The van der Waals surface area contributed by atoms with Crippen LogP contribution in [-0.4, -0.2) is 167 Å². The number of piperidine rings is 1. The summed E-state index contributed by atoms with van der Waals surface area (Å²) in [6.45, 7) is 11.3. The molecule has 0 saturated carbocycles. The summed E-state index contributed by atoms with van der Waals surface area (Å²) in [6.07, 6.45) is 12.1. The Balaban J connectivity index is 0.676. The molecule has 0 aliphatic carbocycles. The van der Waals surface area contributed by atoms with E-state index in [9.17, 15) is 24.0 Å². The number of anilines is 2. The van der Waals surface area contributed by atoms with E-state index in [0.717, 1.165) is 62.2 Å². The Labute approximate surface area is 443 Å². The van der Waals surface area contributed by atoms with Gasteiger partial charge in [-0.3, -0.25) is 44.2 Å². The molecule has 6 fully saturated rings. The molecule has 6 saturated heterocycles. The molecule has 3 N–H and O–H groups in total. The lowest BCUT2D eigenvalue weighted by Gasteiger charge is -2.35. The molecule has 20 heteroatoms. The highest BCUT2D eigenvalue weighted by Crippen LogP contribution is 2.45. The van der Waals surface area contributed by atoms with Crippen LogP contribution in [0.25, 0.3) is 32.9 Å². The van der Waals surface area contributed by atoms with Crippen molar-refractivity contribution in [1.29, 1.82) is 0 Å². The van der Waals surface area contributed by atoms with Crippen LogP contribution in [0.4, 0.5) is 25.1 Å². The number of benzene rings is 3. The van der Waals surface area contributed by atoms with E-state index < -0.39 is 46.8 Å². The van der Waals surface area contributed by atoms with Crippen molar-refractivity contribution >= 4 is 62.9 Å². The molecule has 2 bridgehead atoms. The van der Waals surface area contributed by atoms with Gasteiger partial charge < -0.3 is 29.9 Å². The number of terminal acetylenes is 1. The Morgan fingerprint density at radius 3 is 2.64 bits per heavy atom. The van der Waals surface area contributed by atoms with E-state index in [0.29, 0.717) is 91.4 Å². The number of carbonyl (C=O) groups is 5. The summed E-state index contributed by atoms with van der Waals surface area (Å²) < 4.78 is 45.0. The average molecular weight is 1050 g/mol. The molecular formula is C57H59F2N11O7. The zero-order valence-corrected chi connectivity index (χ0v) is 42.6. The molecular weight excluding hydrogens is 989 g/mol. The molecule has 5 aromatic rings. The van der Waals surface area contributed by atoms with E-state index in [1.54, 1.807) is 53.6 Å². The van der Waals surface area contributed by atoms with Crippen LogP contribution in [0.1, 0.15) is 77.6 Å². The molecule has 7 aliphatic heterocycles. The minimum absolute atomic E-state index is 0.00880. The lowest BCUT2D eigenvalue weighted by atomic mass is 9.94. The third kappa shape index (κ3) is 9.27. The number of hydrogen-bond donors (Lipinski definition) is 3. The van der Waals surface area contributed by atoms with Crippen LogP contribution in [0.15, 0.2) is 66.9 Å². The van der Waals surface area contributed by atoms with Gasteiger partial charge in [0.05, 0.1) is 27.6 Å². The Hall–Kier alpha value is -7.60. The number of hydrogen-bond acceptors (Lipinski definition) is 15. The number of fused-ring (bicyclic) bond motifs is 6. The van der Waals surface area contributed by atoms with Gasteiger partial charge in [0.2, 0.25) is 11.8 Å². The van der Waals surface area contributed by atoms with Crippen LogP contribution >= 0.6 is 0 Å². The van der Waals surface area contributed by atoms with Crippen LogP contribution in [0.5, 0.6) is 6.01 Å². The molecule has 18 nitrogen and oxygen atoms in total. The summed E-state index contributed by atoms with van der Waals surface area (Å²) in [5, 5.41) is 10.7. The van der Waals surface area contributed by atoms with Crippen molar-refractivity contribution in [3.63, 3.8) is 0 Å². The first-order valence-corrected chi connectivity index (χ1v) is 26.7. The number of pyridine rings is 1. The summed E-state index contributed by atoms with van der Waals surface area (Å²) in [4.78, 5) is 88.4. The van der Waals surface area contributed by atoms with Crippen LogP contribution in [0, 0.1) is 29.9 Å². The average Bonchev–Trinajstić information content (AvgIpc) is 4.23. The van der Waals surface area contributed by atoms with Gasteiger partial charge in [-0.15, -0.1) is 6.42 Å². The van der Waals surface area contributed by atoms with Gasteiger partial charge in [-0.25, -0.2) is 13.6 Å². The van der Waals surface area contributed by atoms with Crippen molar-refractivity contribution in [2.24, 2.45) is 5.92 Å². The number of amides is 5. The maximum Gasteiger partial charge on any atom is 0.409 e. The van der Waals surface area contributed by atoms with Gasteiger partial charge in [-0.1, -0.05) is 48.4 Å². The van der Waals surface area contributed by atoms with E-state index >= 15 is 8.78 Å². The summed E-state index contributed by atoms with van der Waals surface area (Å²) in [7, 11) is 0. The predicted octanol–water partition coefficient (Wildman–Crippen LogP) is 5.49. The lowest BCUT2D eigenvalue weighted by molar-refractivity contribution is -0.136. The third-order valence-corrected chi connectivity index (χ3v) is 16.8. The molecule has 5 amide bonds. The van der Waals surface area contributed by atoms with E-state index in [-0.39, 0.29) is 78.1 Å². The highest BCUT2D eigenvalue weighted by atomic mass is 19.1. The first kappa shape index (κ1) is 50.2. The minimum Gasteiger partial charge on any atom is -0.461 e. The number of aromatic nitrogens is 3. The maximum absolute atomic E-state index is 17.3. The van der Waals surface area contributed by atoms with Gasteiger partial charge in [-0.05, 0) is 87.5 Å². The monoisotopic (exact) mass is 1050 g/mol. The fraction of sp³-hybridized carbons (Fsp3) is 0.439. The summed E-state index contributed by atoms with van der Waals surface area (Å²) in [5.74, 6) is 0.0883. The molecule has 3 unspecified atom stereocenters. The second kappa shape index (κ2) is 20.4. The van der Waals surface area contributed by atoms with Crippen molar-refractivity contribution in [3.05, 3.63) is 95.2 Å². The summed E-state index contributed by atoms with van der Waals surface area (Å²) in [6, 6.07) is 12.4. The molecule has 7 aliphatic rings. The van der Waals surface area contributed by atoms with Crippen molar-refractivity contribution in [3.8, 4) is 29.6 Å². The fourth-order valence-corrected chi connectivity index (χ4v) is 12.9. The van der Waals surface area contributed by atoms with E-state index in [4.69, 9.17) is 25.9 Å². The zero-order valence-electron chi connectivity index (χ0n) is 42.6. The van der Waals surface area contributed by atoms with E-state index in [2.05, 4.69) is 48.1 Å². The quantitative estimate of drug-likeness (QED) is 0.0580. The second-order valence-electron chi connectivity index (χ2n) is 21.5. The van der Waals surface area contributed by atoms with Gasteiger partial charge >= 0.3 is 12.1 Å². The number of ether oxygens (including phenoxy) is 2. The number of nitrogens with zero attached hydrogens (tertiary/aromatic N) is 8. The topological polar surface area (TPSA) is 195 Å². The van der Waals surface area contributed by atoms with Crippen LogP contribution in [0.3, 0.4) is 0 Å². The Kier molecular flexibility index (Phi) is 13.3. The molecule has 3 aromatic carbocycles. The third-order valence-electron chi connectivity index (χ3n) is 16.8. The number of carbonyl (C=O) groups excluding carboxylic acids is 5. The first-order valence-electron chi connectivity index (χ1n) is 26.7. The van der Waals surface area contributed by atoms with Gasteiger partial charge in [0.15, 0.2) is 5.82 Å². The van der Waals surface area contributed by atoms with Gasteiger partial charge in [0.25, 0.3) is 11.8 Å². The van der Waals surface area contributed by atoms with Crippen molar-refractivity contribution in [2.75, 3.05) is 88.9 Å². The SMILES string of the molecule is C#Cc1c(F)ccc2cccc(-c3ncc4c(N5CCC6CNC(C6)C5)nc(OC[C@@]56CC[C@@H](COC(=O)N7CCN(CCCNc8cccc9c8C(=O)N(C8CCC(=O)NC8=O)C9=O)CC7)N5CC(=C)C6)nc4c3F)c12. The molecule has 398 valence electrons. The number of imide groups is 2. The highest BCUT2D eigenvalue weighted by molar-refractivity contribution is 6.25. The largest absolute Gasteiger partial charge is 0.461 e. The van der Waals surface area contributed by atoms with Crippen LogP contribution in [-0.2, 0) is 14.3 Å². The van der Waals surface area contributed by atoms with Crippen molar-refractivity contribution in [1.82, 2.24) is 45.2 Å². The van der Waals surface area contributed by atoms with Crippen molar-refractivity contribution < 1.29 is 42.2 Å². The second-order valence-corrected chi connectivity index (χ2v) is 21.5. The molecule has 5 atom stereocenters. The standard InChI is InChI=1S/C57H59F2N11O7/c1-3-38-42(58)12-11-35-7-4-8-39(46(35)38)49-48(59)50-41(28-62-49)51(68-20-16-34-25-36(30-68)61-27-34)65-55(64-50)77-32-57-17-15-37(69(57)29-33(2)26-57)31-76-56(75)67-23-21-66(22-24-67)19-6-18-60-43-10-5-9-40-47(43)54(74)70(53(40)73)44-13-14-45(71)63-52(44)72/h1,4-5,7-12,28,34,36-37,44,60-61H,2,6,13-27,29-32H2,(H,63,71,72)/t34?,36?,37-,44?,57-/m0/s1. The predicted molar refractivity (Wildman–Crippen MR) is 282 cm³/mol. The Morgan fingerprint density at radius 1 is 0.974 bits per heavy atom. The number of nitrogens with one attached hydrogen (secondary N) is 3.